The number of rotatable bonds is 4. The minimum Gasteiger partial charge on any atom is -0.310 e. The number of benzene rings is 1. The van der Waals surface area contributed by atoms with E-state index in [1.54, 1.807) is 0 Å². The first-order chi connectivity index (χ1) is 8.70. The van der Waals surface area contributed by atoms with Crippen LogP contribution in [0.2, 0.25) is 0 Å². The molecule has 18 heavy (non-hydrogen) atoms. The Morgan fingerprint density at radius 3 is 2.67 bits per heavy atom. The standard InChI is InChI=1S/C16H26N2/c1-4-14-7-5-6-8-15(14)12-17-16-9-10-18(3)13(2)11-16/h5-8,13,16-17H,4,9-12H2,1-3H3. The van der Waals surface area contributed by atoms with Crippen LogP contribution in [0.1, 0.15) is 37.8 Å². The van der Waals surface area contributed by atoms with Crippen LogP contribution in [0.15, 0.2) is 24.3 Å². The van der Waals surface area contributed by atoms with E-state index in [2.05, 4.69) is 55.4 Å². The second kappa shape index (κ2) is 6.35. The molecule has 2 nitrogen and oxygen atoms in total. The van der Waals surface area contributed by atoms with Crippen molar-refractivity contribution in [1.29, 1.82) is 0 Å². The van der Waals surface area contributed by atoms with Crippen molar-refractivity contribution in [3.63, 3.8) is 0 Å². The van der Waals surface area contributed by atoms with Gasteiger partial charge in [-0.3, -0.25) is 0 Å². The summed E-state index contributed by atoms with van der Waals surface area (Å²) in [5.74, 6) is 0. The number of piperidine rings is 1. The summed E-state index contributed by atoms with van der Waals surface area (Å²) in [5, 5.41) is 3.74. The van der Waals surface area contributed by atoms with E-state index >= 15 is 0 Å². The Labute approximate surface area is 111 Å². The second-order valence-corrected chi connectivity index (χ2v) is 5.55. The molecular formula is C16H26N2. The van der Waals surface area contributed by atoms with Gasteiger partial charge in [-0.25, -0.2) is 0 Å². The van der Waals surface area contributed by atoms with Crippen molar-refractivity contribution < 1.29 is 0 Å². The molecule has 0 bridgehead atoms. The highest BCUT2D eigenvalue weighted by Crippen LogP contribution is 2.16. The molecule has 2 unspecified atom stereocenters. The summed E-state index contributed by atoms with van der Waals surface area (Å²) in [7, 11) is 2.23. The second-order valence-electron chi connectivity index (χ2n) is 5.55. The van der Waals surface area contributed by atoms with Gasteiger partial charge in [0.1, 0.15) is 0 Å². The quantitative estimate of drug-likeness (QED) is 0.879. The Morgan fingerprint density at radius 1 is 1.28 bits per heavy atom. The van der Waals surface area contributed by atoms with Crippen LogP contribution in [0.25, 0.3) is 0 Å². The van der Waals surface area contributed by atoms with E-state index in [-0.39, 0.29) is 0 Å². The maximum Gasteiger partial charge on any atom is 0.0210 e. The molecular weight excluding hydrogens is 220 g/mol. The molecule has 1 aromatic rings. The Hall–Kier alpha value is -0.860. The van der Waals surface area contributed by atoms with Crippen molar-refractivity contribution >= 4 is 0 Å². The van der Waals surface area contributed by atoms with Gasteiger partial charge < -0.3 is 10.2 Å². The topological polar surface area (TPSA) is 15.3 Å². The van der Waals surface area contributed by atoms with Crippen LogP contribution in [0.4, 0.5) is 0 Å². The Kier molecular flexibility index (Phi) is 4.79. The van der Waals surface area contributed by atoms with Gasteiger partial charge in [-0.2, -0.15) is 0 Å². The van der Waals surface area contributed by atoms with Gasteiger partial charge in [0.25, 0.3) is 0 Å². The third kappa shape index (κ3) is 3.33. The first-order valence-electron chi connectivity index (χ1n) is 7.21. The molecule has 1 saturated heterocycles. The molecule has 0 radical (unpaired) electrons. The zero-order valence-corrected chi connectivity index (χ0v) is 11.9. The van der Waals surface area contributed by atoms with Crippen LogP contribution in [-0.4, -0.2) is 30.6 Å². The van der Waals surface area contributed by atoms with Gasteiger partial charge >= 0.3 is 0 Å². The fourth-order valence-electron chi connectivity index (χ4n) is 2.80. The van der Waals surface area contributed by atoms with Gasteiger partial charge in [0, 0.05) is 18.6 Å². The lowest BCUT2D eigenvalue weighted by Crippen LogP contribution is -2.45. The minimum absolute atomic E-state index is 0.682. The van der Waals surface area contributed by atoms with E-state index in [1.165, 1.54) is 30.5 Å². The van der Waals surface area contributed by atoms with Gasteiger partial charge in [0.15, 0.2) is 0 Å². The molecule has 1 N–H and O–H groups in total. The fourth-order valence-corrected chi connectivity index (χ4v) is 2.80. The number of nitrogens with zero attached hydrogens (tertiary/aromatic N) is 1. The van der Waals surface area contributed by atoms with Gasteiger partial charge in [0.2, 0.25) is 0 Å². The Balaban J connectivity index is 1.88. The van der Waals surface area contributed by atoms with Crippen molar-refractivity contribution in [1.82, 2.24) is 10.2 Å². The van der Waals surface area contributed by atoms with Crippen molar-refractivity contribution in [2.24, 2.45) is 0 Å². The predicted octanol–water partition coefficient (Wildman–Crippen LogP) is 2.82. The molecule has 0 aliphatic carbocycles. The first kappa shape index (κ1) is 13.6. The van der Waals surface area contributed by atoms with E-state index in [0.29, 0.717) is 12.1 Å². The van der Waals surface area contributed by atoms with Crippen LogP contribution < -0.4 is 5.32 Å². The number of aryl methyl sites for hydroxylation is 1. The largest absolute Gasteiger partial charge is 0.310 e. The highest BCUT2D eigenvalue weighted by Gasteiger charge is 2.22. The SMILES string of the molecule is CCc1ccccc1CNC1CCN(C)C(C)C1. The summed E-state index contributed by atoms with van der Waals surface area (Å²) in [6.07, 6.45) is 3.67. The molecule has 1 fully saturated rings. The molecule has 1 aliphatic rings. The number of likely N-dealkylation sites (tertiary alicyclic amines) is 1. The number of hydrogen-bond donors (Lipinski definition) is 1. The van der Waals surface area contributed by atoms with Gasteiger partial charge in [-0.05, 0) is 50.9 Å². The molecule has 0 spiro atoms. The summed E-state index contributed by atoms with van der Waals surface area (Å²) in [6, 6.07) is 10.2. The van der Waals surface area contributed by atoms with Gasteiger partial charge in [0.05, 0.1) is 0 Å². The summed E-state index contributed by atoms with van der Waals surface area (Å²) in [6.45, 7) is 6.80. The van der Waals surface area contributed by atoms with Crippen LogP contribution in [0.5, 0.6) is 0 Å². The van der Waals surface area contributed by atoms with Crippen molar-refractivity contribution in [3.05, 3.63) is 35.4 Å². The van der Waals surface area contributed by atoms with Crippen LogP contribution in [-0.2, 0) is 13.0 Å². The van der Waals surface area contributed by atoms with Crippen molar-refractivity contribution in [2.45, 2.75) is 51.7 Å². The molecule has 1 aromatic carbocycles. The summed E-state index contributed by atoms with van der Waals surface area (Å²) in [5.41, 5.74) is 2.94. The Bertz CT molecular complexity index is 375. The number of nitrogens with one attached hydrogen (secondary N) is 1. The molecule has 0 amide bonds. The zero-order chi connectivity index (χ0) is 13.0. The lowest BCUT2D eigenvalue weighted by Gasteiger charge is -2.35. The van der Waals surface area contributed by atoms with E-state index < -0.39 is 0 Å². The predicted molar refractivity (Wildman–Crippen MR) is 77.8 cm³/mol. The molecule has 1 aliphatic heterocycles. The molecule has 100 valence electrons. The lowest BCUT2D eigenvalue weighted by molar-refractivity contribution is 0.168. The average Bonchev–Trinajstić information content (AvgIpc) is 2.40. The molecule has 0 saturated carbocycles. The van der Waals surface area contributed by atoms with E-state index in [0.717, 1.165) is 13.0 Å². The highest BCUT2D eigenvalue weighted by molar-refractivity contribution is 5.26. The monoisotopic (exact) mass is 246 g/mol. The minimum atomic E-state index is 0.682. The molecule has 0 aromatic heterocycles. The van der Waals surface area contributed by atoms with Crippen LogP contribution in [0, 0.1) is 0 Å². The average molecular weight is 246 g/mol. The summed E-state index contributed by atoms with van der Waals surface area (Å²) in [4.78, 5) is 2.46. The molecule has 1 heterocycles. The zero-order valence-electron chi connectivity index (χ0n) is 11.9. The fraction of sp³-hybridized carbons (Fsp3) is 0.625. The third-order valence-electron chi connectivity index (χ3n) is 4.29. The Morgan fingerprint density at radius 2 is 2.00 bits per heavy atom. The van der Waals surface area contributed by atoms with Crippen LogP contribution >= 0.6 is 0 Å². The normalized spacial score (nSPS) is 25.3. The van der Waals surface area contributed by atoms with E-state index in [9.17, 15) is 0 Å². The smallest absolute Gasteiger partial charge is 0.0210 e. The first-order valence-corrected chi connectivity index (χ1v) is 7.21. The number of hydrogen-bond acceptors (Lipinski definition) is 2. The van der Waals surface area contributed by atoms with Crippen molar-refractivity contribution in [3.8, 4) is 0 Å². The van der Waals surface area contributed by atoms with Crippen LogP contribution in [0.3, 0.4) is 0 Å². The highest BCUT2D eigenvalue weighted by atomic mass is 15.1. The van der Waals surface area contributed by atoms with E-state index in [4.69, 9.17) is 0 Å². The maximum atomic E-state index is 3.74. The third-order valence-corrected chi connectivity index (χ3v) is 4.29. The van der Waals surface area contributed by atoms with Crippen molar-refractivity contribution in [2.75, 3.05) is 13.6 Å². The summed E-state index contributed by atoms with van der Waals surface area (Å²) < 4.78 is 0. The molecule has 2 rings (SSSR count). The lowest BCUT2D eigenvalue weighted by atomic mass is 9.98. The van der Waals surface area contributed by atoms with E-state index in [1.807, 2.05) is 0 Å². The van der Waals surface area contributed by atoms with Gasteiger partial charge in [-0.1, -0.05) is 31.2 Å². The molecule has 2 atom stereocenters. The van der Waals surface area contributed by atoms with Gasteiger partial charge in [-0.15, -0.1) is 0 Å². The summed E-state index contributed by atoms with van der Waals surface area (Å²) >= 11 is 0. The molecule has 2 heteroatoms. The maximum absolute atomic E-state index is 3.74.